The zero-order valence-electron chi connectivity index (χ0n) is 8.70. The summed E-state index contributed by atoms with van der Waals surface area (Å²) < 4.78 is 4.56. The van der Waals surface area contributed by atoms with Gasteiger partial charge < -0.3 is 15.5 Å². The molecule has 0 atom stereocenters. The Morgan fingerprint density at radius 2 is 2.47 bits per heavy atom. The van der Waals surface area contributed by atoms with Gasteiger partial charge in [-0.05, 0) is 13.0 Å². The number of carbonyl (C=O) groups excluding carboxylic acids is 1. The number of methoxy groups -OCH3 is 1. The molecule has 15 heavy (non-hydrogen) atoms. The molecule has 0 saturated carbocycles. The van der Waals surface area contributed by atoms with E-state index >= 15 is 0 Å². The first kappa shape index (κ1) is 11.2. The average Bonchev–Trinajstić information content (AvgIpc) is 2.28. The predicted molar refractivity (Wildman–Crippen MR) is 57.6 cm³/mol. The minimum absolute atomic E-state index is 0.235. The molecule has 0 saturated heterocycles. The van der Waals surface area contributed by atoms with E-state index in [9.17, 15) is 4.79 Å². The van der Waals surface area contributed by atoms with E-state index in [4.69, 9.17) is 5.41 Å². The standard InChI is InChI=1S/C10H13N3O2/c1-3-12-8-4-9(10(14)15-2)13-6-7(8)5-11/h4-6,11H,3H2,1-2H3,(H,12,13). The van der Waals surface area contributed by atoms with Crippen molar-refractivity contribution in [3.05, 3.63) is 23.5 Å². The third-order valence-corrected chi connectivity index (χ3v) is 1.85. The number of esters is 1. The Balaban J connectivity index is 3.09. The van der Waals surface area contributed by atoms with Crippen LogP contribution in [0.1, 0.15) is 23.0 Å². The van der Waals surface area contributed by atoms with Gasteiger partial charge in [-0.2, -0.15) is 0 Å². The Morgan fingerprint density at radius 1 is 1.73 bits per heavy atom. The molecule has 0 aliphatic heterocycles. The fourth-order valence-electron chi connectivity index (χ4n) is 1.14. The van der Waals surface area contributed by atoms with Crippen LogP contribution < -0.4 is 5.32 Å². The molecule has 1 rings (SSSR count). The first-order chi connectivity index (χ1) is 7.22. The highest BCUT2D eigenvalue weighted by Gasteiger charge is 2.09. The molecule has 0 spiro atoms. The number of carbonyl (C=O) groups is 1. The van der Waals surface area contributed by atoms with Gasteiger partial charge in [-0.25, -0.2) is 9.78 Å². The quantitative estimate of drug-likeness (QED) is 0.576. The average molecular weight is 207 g/mol. The molecule has 0 aromatic carbocycles. The lowest BCUT2D eigenvalue weighted by atomic mass is 10.2. The molecule has 2 N–H and O–H groups in total. The second-order valence-corrected chi connectivity index (χ2v) is 2.82. The Kier molecular flexibility index (Phi) is 3.79. The van der Waals surface area contributed by atoms with Gasteiger partial charge in [0.2, 0.25) is 0 Å². The number of rotatable bonds is 4. The van der Waals surface area contributed by atoms with E-state index < -0.39 is 5.97 Å². The van der Waals surface area contributed by atoms with E-state index in [1.807, 2.05) is 6.92 Å². The van der Waals surface area contributed by atoms with Crippen molar-refractivity contribution in [2.45, 2.75) is 6.92 Å². The van der Waals surface area contributed by atoms with E-state index in [0.717, 1.165) is 0 Å². The summed E-state index contributed by atoms with van der Waals surface area (Å²) >= 11 is 0. The summed E-state index contributed by atoms with van der Waals surface area (Å²) in [6, 6.07) is 1.58. The zero-order valence-corrected chi connectivity index (χ0v) is 8.70. The summed E-state index contributed by atoms with van der Waals surface area (Å²) in [6.07, 6.45) is 2.66. The first-order valence-corrected chi connectivity index (χ1v) is 4.55. The van der Waals surface area contributed by atoms with Gasteiger partial charge >= 0.3 is 5.97 Å². The van der Waals surface area contributed by atoms with E-state index in [1.54, 1.807) is 6.07 Å². The smallest absolute Gasteiger partial charge is 0.356 e. The minimum atomic E-state index is -0.481. The van der Waals surface area contributed by atoms with Crippen molar-refractivity contribution in [1.82, 2.24) is 4.98 Å². The van der Waals surface area contributed by atoms with Crippen LogP contribution in [0.5, 0.6) is 0 Å². The largest absolute Gasteiger partial charge is 0.464 e. The van der Waals surface area contributed by atoms with Gasteiger partial charge in [0.25, 0.3) is 0 Å². The number of pyridine rings is 1. The summed E-state index contributed by atoms with van der Waals surface area (Å²) in [5.41, 5.74) is 1.59. The van der Waals surface area contributed by atoms with Gasteiger partial charge in [0.05, 0.1) is 7.11 Å². The molecule has 0 unspecified atom stereocenters. The van der Waals surface area contributed by atoms with E-state index in [1.165, 1.54) is 19.5 Å². The van der Waals surface area contributed by atoms with Crippen LogP contribution in [0, 0.1) is 5.41 Å². The Morgan fingerprint density at radius 3 is 3.00 bits per heavy atom. The fraction of sp³-hybridized carbons (Fsp3) is 0.300. The number of nitrogens with one attached hydrogen (secondary N) is 2. The zero-order chi connectivity index (χ0) is 11.3. The molecule has 80 valence electrons. The lowest BCUT2D eigenvalue weighted by Gasteiger charge is -2.07. The topological polar surface area (TPSA) is 75.1 Å². The van der Waals surface area contributed by atoms with E-state index in [2.05, 4.69) is 15.0 Å². The number of nitrogens with zero attached hydrogens (tertiary/aromatic N) is 1. The monoisotopic (exact) mass is 207 g/mol. The maximum atomic E-state index is 11.2. The minimum Gasteiger partial charge on any atom is -0.464 e. The van der Waals surface area contributed by atoms with Crippen LogP contribution in [0.3, 0.4) is 0 Å². The maximum Gasteiger partial charge on any atom is 0.356 e. The van der Waals surface area contributed by atoms with Gasteiger partial charge in [-0.3, -0.25) is 0 Å². The SMILES string of the molecule is CCNc1cc(C(=O)OC)ncc1C=N. The highest BCUT2D eigenvalue weighted by atomic mass is 16.5. The van der Waals surface area contributed by atoms with Gasteiger partial charge in [-0.15, -0.1) is 0 Å². The van der Waals surface area contributed by atoms with Crippen molar-refractivity contribution in [3.8, 4) is 0 Å². The summed E-state index contributed by atoms with van der Waals surface area (Å²) in [5, 5.41) is 10.2. The van der Waals surface area contributed by atoms with Crippen LogP contribution >= 0.6 is 0 Å². The highest BCUT2D eigenvalue weighted by Crippen LogP contribution is 2.14. The van der Waals surface area contributed by atoms with E-state index in [0.29, 0.717) is 17.8 Å². The summed E-state index contributed by atoms with van der Waals surface area (Å²) in [6.45, 7) is 2.65. The normalized spacial score (nSPS) is 9.47. The van der Waals surface area contributed by atoms with Crippen molar-refractivity contribution in [3.63, 3.8) is 0 Å². The van der Waals surface area contributed by atoms with Crippen molar-refractivity contribution in [2.24, 2.45) is 0 Å². The second kappa shape index (κ2) is 5.09. The summed E-state index contributed by atoms with van der Waals surface area (Å²) in [5.74, 6) is -0.481. The van der Waals surface area contributed by atoms with Crippen LogP contribution in [-0.2, 0) is 4.74 Å². The molecule has 0 radical (unpaired) electrons. The molecule has 0 aliphatic carbocycles. The highest BCUT2D eigenvalue weighted by molar-refractivity contribution is 5.92. The number of anilines is 1. The third kappa shape index (κ3) is 2.52. The van der Waals surface area contributed by atoms with Crippen LogP contribution in [-0.4, -0.2) is 30.8 Å². The maximum absolute atomic E-state index is 11.2. The molecule has 0 amide bonds. The fourth-order valence-corrected chi connectivity index (χ4v) is 1.14. The van der Waals surface area contributed by atoms with Crippen LogP contribution in [0.2, 0.25) is 0 Å². The van der Waals surface area contributed by atoms with Crippen LogP contribution in [0.4, 0.5) is 5.69 Å². The van der Waals surface area contributed by atoms with Gasteiger partial charge in [0, 0.05) is 30.2 Å². The molecule has 1 aromatic heterocycles. The van der Waals surface area contributed by atoms with Crippen molar-refractivity contribution in [2.75, 3.05) is 19.0 Å². The van der Waals surface area contributed by atoms with Crippen LogP contribution in [0.25, 0.3) is 0 Å². The number of hydrogen-bond donors (Lipinski definition) is 2. The Labute approximate surface area is 88.0 Å². The third-order valence-electron chi connectivity index (χ3n) is 1.85. The van der Waals surface area contributed by atoms with Crippen LogP contribution in [0.15, 0.2) is 12.3 Å². The molecule has 0 fully saturated rings. The molecular weight excluding hydrogens is 194 g/mol. The first-order valence-electron chi connectivity index (χ1n) is 4.55. The van der Waals surface area contributed by atoms with Crippen molar-refractivity contribution < 1.29 is 9.53 Å². The summed E-state index contributed by atoms with van der Waals surface area (Å²) in [7, 11) is 1.31. The number of ether oxygens (including phenoxy) is 1. The Hall–Kier alpha value is -1.91. The lowest BCUT2D eigenvalue weighted by molar-refractivity contribution is 0.0594. The van der Waals surface area contributed by atoms with Crippen molar-refractivity contribution in [1.29, 1.82) is 5.41 Å². The van der Waals surface area contributed by atoms with Gasteiger partial charge in [0.1, 0.15) is 5.69 Å². The number of hydrogen-bond acceptors (Lipinski definition) is 5. The lowest BCUT2D eigenvalue weighted by Crippen LogP contribution is -2.08. The molecule has 5 heteroatoms. The molecule has 0 bridgehead atoms. The van der Waals surface area contributed by atoms with Crippen molar-refractivity contribution >= 4 is 17.9 Å². The number of aromatic nitrogens is 1. The predicted octanol–water partition coefficient (Wildman–Crippen LogP) is 1.30. The molecule has 1 heterocycles. The van der Waals surface area contributed by atoms with Gasteiger partial charge in [-0.1, -0.05) is 0 Å². The second-order valence-electron chi connectivity index (χ2n) is 2.82. The molecular formula is C10H13N3O2. The van der Waals surface area contributed by atoms with E-state index in [-0.39, 0.29) is 5.69 Å². The molecule has 5 nitrogen and oxygen atoms in total. The Bertz CT molecular complexity index is 377. The van der Waals surface area contributed by atoms with Gasteiger partial charge in [0.15, 0.2) is 0 Å². The molecule has 1 aromatic rings. The molecule has 0 aliphatic rings. The summed E-state index contributed by atoms with van der Waals surface area (Å²) in [4.78, 5) is 15.1.